The van der Waals surface area contributed by atoms with Crippen LogP contribution in [0.2, 0.25) is 0 Å². The minimum Gasteiger partial charge on any atom is -0.465 e. The topological polar surface area (TPSA) is 55.4 Å². The van der Waals surface area contributed by atoms with Gasteiger partial charge in [-0.1, -0.05) is 6.07 Å². The van der Waals surface area contributed by atoms with Crippen LogP contribution in [0.3, 0.4) is 0 Å². The van der Waals surface area contributed by atoms with Crippen LogP contribution in [0.1, 0.15) is 17.3 Å². The quantitative estimate of drug-likeness (QED) is 0.755. The molecule has 1 rings (SSSR count). The molecule has 1 aromatic rings. The van der Waals surface area contributed by atoms with Crippen molar-refractivity contribution in [2.45, 2.75) is 6.92 Å². The summed E-state index contributed by atoms with van der Waals surface area (Å²) in [6.07, 6.45) is 0. The minimum absolute atomic E-state index is 0.0367. The van der Waals surface area contributed by atoms with Gasteiger partial charge in [0.2, 0.25) is 5.91 Å². The zero-order chi connectivity index (χ0) is 11.4. The monoisotopic (exact) mass is 211 g/mol. The molecule has 80 valence electrons. The Balaban J connectivity index is 3.11. The van der Waals surface area contributed by atoms with Gasteiger partial charge >= 0.3 is 5.97 Å². The third kappa shape index (κ3) is 2.52. The van der Waals surface area contributed by atoms with E-state index in [1.165, 1.54) is 25.1 Å². The Morgan fingerprint density at radius 3 is 2.60 bits per heavy atom. The predicted molar refractivity (Wildman–Crippen MR) is 52.0 cm³/mol. The van der Waals surface area contributed by atoms with Crippen LogP contribution in [0.15, 0.2) is 18.2 Å². The third-order valence-electron chi connectivity index (χ3n) is 1.71. The molecule has 0 heterocycles. The van der Waals surface area contributed by atoms with Gasteiger partial charge in [-0.05, 0) is 12.1 Å². The Morgan fingerprint density at radius 2 is 2.07 bits per heavy atom. The van der Waals surface area contributed by atoms with Crippen molar-refractivity contribution >= 4 is 17.6 Å². The SMILES string of the molecule is COC(=O)c1cccc(NC(C)=O)c1F. The summed E-state index contributed by atoms with van der Waals surface area (Å²) >= 11 is 0. The summed E-state index contributed by atoms with van der Waals surface area (Å²) in [6, 6.07) is 4.11. The first-order chi connectivity index (χ1) is 7.06. The van der Waals surface area contributed by atoms with E-state index in [1.807, 2.05) is 0 Å². The highest BCUT2D eigenvalue weighted by Gasteiger charge is 2.15. The molecule has 0 aliphatic rings. The van der Waals surface area contributed by atoms with Gasteiger partial charge in [-0.25, -0.2) is 9.18 Å². The van der Waals surface area contributed by atoms with Gasteiger partial charge in [-0.3, -0.25) is 4.79 Å². The van der Waals surface area contributed by atoms with E-state index in [4.69, 9.17) is 0 Å². The van der Waals surface area contributed by atoms with Gasteiger partial charge in [-0.15, -0.1) is 0 Å². The number of carbonyl (C=O) groups excluding carboxylic acids is 2. The van der Waals surface area contributed by atoms with E-state index in [1.54, 1.807) is 0 Å². The number of halogens is 1. The van der Waals surface area contributed by atoms with Crippen LogP contribution in [-0.4, -0.2) is 19.0 Å². The first kappa shape index (κ1) is 11.2. The molecular weight excluding hydrogens is 201 g/mol. The molecule has 1 amide bonds. The molecule has 0 aliphatic heterocycles. The maximum atomic E-state index is 13.6. The number of anilines is 1. The highest BCUT2D eigenvalue weighted by molar-refractivity contribution is 5.94. The fourth-order valence-electron chi connectivity index (χ4n) is 1.09. The molecular formula is C10H10FNO3. The number of benzene rings is 1. The standard InChI is InChI=1S/C10H10FNO3/c1-6(13)12-8-5-3-4-7(9(8)11)10(14)15-2/h3-5H,1-2H3,(H,12,13). The maximum absolute atomic E-state index is 13.6. The van der Waals surface area contributed by atoms with Gasteiger partial charge in [0.15, 0.2) is 5.82 Å². The number of methoxy groups -OCH3 is 1. The Morgan fingerprint density at radius 1 is 1.40 bits per heavy atom. The van der Waals surface area contributed by atoms with E-state index in [2.05, 4.69) is 10.1 Å². The van der Waals surface area contributed by atoms with Crippen LogP contribution in [0, 0.1) is 5.82 Å². The second kappa shape index (κ2) is 4.54. The number of carbonyl (C=O) groups is 2. The Bertz CT molecular complexity index is 404. The molecule has 0 unspecified atom stereocenters. The van der Waals surface area contributed by atoms with Crippen molar-refractivity contribution in [2.24, 2.45) is 0 Å². The third-order valence-corrected chi connectivity index (χ3v) is 1.71. The van der Waals surface area contributed by atoms with Gasteiger partial charge in [0.25, 0.3) is 0 Å². The van der Waals surface area contributed by atoms with Gasteiger partial charge in [0.1, 0.15) is 0 Å². The van der Waals surface area contributed by atoms with Crippen molar-refractivity contribution in [3.8, 4) is 0 Å². The number of amides is 1. The normalized spacial score (nSPS) is 9.53. The minimum atomic E-state index is -0.792. The van der Waals surface area contributed by atoms with E-state index in [-0.39, 0.29) is 11.3 Å². The van der Waals surface area contributed by atoms with Crippen molar-refractivity contribution in [2.75, 3.05) is 12.4 Å². The molecule has 0 fully saturated rings. The zero-order valence-corrected chi connectivity index (χ0v) is 8.33. The summed E-state index contributed by atoms with van der Waals surface area (Å²) in [7, 11) is 1.16. The second-order valence-corrected chi connectivity index (χ2v) is 2.84. The van der Waals surface area contributed by atoms with Gasteiger partial charge in [0, 0.05) is 6.92 Å². The molecule has 5 heteroatoms. The molecule has 0 aromatic heterocycles. The number of hydrogen-bond acceptors (Lipinski definition) is 3. The van der Waals surface area contributed by atoms with Crippen LogP contribution < -0.4 is 5.32 Å². The van der Waals surface area contributed by atoms with E-state index in [9.17, 15) is 14.0 Å². The molecule has 1 aromatic carbocycles. The van der Waals surface area contributed by atoms with Gasteiger partial charge in [0.05, 0.1) is 18.4 Å². The Kier molecular flexibility index (Phi) is 3.38. The average molecular weight is 211 g/mol. The van der Waals surface area contributed by atoms with Gasteiger partial charge in [-0.2, -0.15) is 0 Å². The van der Waals surface area contributed by atoms with Crippen LogP contribution in [0.25, 0.3) is 0 Å². The maximum Gasteiger partial charge on any atom is 0.340 e. The van der Waals surface area contributed by atoms with E-state index < -0.39 is 17.7 Å². The number of ether oxygens (including phenoxy) is 1. The molecule has 0 saturated carbocycles. The van der Waals surface area contributed by atoms with Crippen molar-refractivity contribution in [3.05, 3.63) is 29.6 Å². The summed E-state index contributed by atoms with van der Waals surface area (Å²) in [5, 5.41) is 2.27. The molecule has 0 aliphatic carbocycles. The lowest BCUT2D eigenvalue weighted by Crippen LogP contribution is -2.11. The molecule has 0 saturated heterocycles. The summed E-state index contributed by atoms with van der Waals surface area (Å²) in [5.41, 5.74) is -0.242. The lowest BCUT2D eigenvalue weighted by Gasteiger charge is -2.06. The molecule has 0 radical (unpaired) electrons. The molecule has 0 atom stereocenters. The first-order valence-corrected chi connectivity index (χ1v) is 4.20. The van der Waals surface area contributed by atoms with Crippen molar-refractivity contribution in [1.29, 1.82) is 0 Å². The number of esters is 1. The lowest BCUT2D eigenvalue weighted by atomic mass is 10.2. The molecule has 15 heavy (non-hydrogen) atoms. The fourth-order valence-corrected chi connectivity index (χ4v) is 1.09. The lowest BCUT2D eigenvalue weighted by molar-refractivity contribution is -0.114. The van der Waals surface area contributed by atoms with Crippen molar-refractivity contribution in [1.82, 2.24) is 0 Å². The fraction of sp³-hybridized carbons (Fsp3) is 0.200. The number of rotatable bonds is 2. The van der Waals surface area contributed by atoms with Gasteiger partial charge < -0.3 is 10.1 Å². The Hall–Kier alpha value is -1.91. The Labute approximate surface area is 86.0 Å². The van der Waals surface area contributed by atoms with Crippen molar-refractivity contribution in [3.63, 3.8) is 0 Å². The average Bonchev–Trinajstić information content (AvgIpc) is 2.19. The summed E-state index contributed by atoms with van der Waals surface area (Å²) in [4.78, 5) is 21.8. The van der Waals surface area contributed by atoms with E-state index in [0.717, 1.165) is 7.11 Å². The molecule has 1 N–H and O–H groups in total. The first-order valence-electron chi connectivity index (χ1n) is 4.20. The highest BCUT2D eigenvalue weighted by Crippen LogP contribution is 2.18. The predicted octanol–water partition coefficient (Wildman–Crippen LogP) is 1.57. The van der Waals surface area contributed by atoms with Crippen LogP contribution >= 0.6 is 0 Å². The smallest absolute Gasteiger partial charge is 0.340 e. The molecule has 0 bridgehead atoms. The second-order valence-electron chi connectivity index (χ2n) is 2.84. The zero-order valence-electron chi connectivity index (χ0n) is 8.33. The van der Waals surface area contributed by atoms with E-state index in [0.29, 0.717) is 0 Å². The van der Waals surface area contributed by atoms with Crippen molar-refractivity contribution < 1.29 is 18.7 Å². The summed E-state index contributed by atoms with van der Waals surface area (Å²) in [5.74, 6) is -1.98. The highest BCUT2D eigenvalue weighted by atomic mass is 19.1. The van der Waals surface area contributed by atoms with Crippen LogP contribution in [-0.2, 0) is 9.53 Å². The van der Waals surface area contributed by atoms with Crippen LogP contribution in [0.4, 0.5) is 10.1 Å². The number of nitrogens with one attached hydrogen (secondary N) is 1. The molecule has 0 spiro atoms. The molecule has 4 nitrogen and oxygen atoms in total. The van der Waals surface area contributed by atoms with Crippen LogP contribution in [0.5, 0.6) is 0 Å². The summed E-state index contributed by atoms with van der Waals surface area (Å²) in [6.45, 7) is 1.25. The largest absolute Gasteiger partial charge is 0.465 e. The summed E-state index contributed by atoms with van der Waals surface area (Å²) < 4.78 is 17.9. The number of hydrogen-bond donors (Lipinski definition) is 1. The van der Waals surface area contributed by atoms with E-state index >= 15 is 0 Å².